The number of rotatable bonds is 3. The van der Waals surface area contributed by atoms with Gasteiger partial charge in [0.25, 0.3) is 11.5 Å². The minimum absolute atomic E-state index is 0.00853. The van der Waals surface area contributed by atoms with Crippen LogP contribution in [0.15, 0.2) is 29.3 Å². The molecule has 146 valence electrons. The Morgan fingerprint density at radius 1 is 1.21 bits per heavy atom. The van der Waals surface area contributed by atoms with Crippen LogP contribution in [-0.4, -0.2) is 72.3 Å². The highest BCUT2D eigenvalue weighted by atomic mass is 16.2. The third-order valence-corrected chi connectivity index (χ3v) is 5.71. The zero-order chi connectivity index (χ0) is 19.3. The summed E-state index contributed by atoms with van der Waals surface area (Å²) in [6, 6.07) is 4.19. The minimum Gasteiger partial charge on any atom is -0.337 e. The van der Waals surface area contributed by atoms with E-state index in [0.717, 1.165) is 38.6 Å². The van der Waals surface area contributed by atoms with Crippen molar-refractivity contribution in [3.63, 3.8) is 0 Å². The highest BCUT2D eigenvalue weighted by Crippen LogP contribution is 2.27. The summed E-state index contributed by atoms with van der Waals surface area (Å²) in [7, 11) is 0. The average molecular weight is 381 g/mol. The first-order valence-corrected chi connectivity index (χ1v) is 9.78. The molecule has 9 heteroatoms. The van der Waals surface area contributed by atoms with Gasteiger partial charge in [0.2, 0.25) is 5.95 Å². The lowest BCUT2D eigenvalue weighted by Crippen LogP contribution is -2.36. The first kappa shape index (κ1) is 17.2. The van der Waals surface area contributed by atoms with E-state index in [4.69, 9.17) is 0 Å². The van der Waals surface area contributed by atoms with Crippen LogP contribution < -0.4 is 5.56 Å². The molecule has 0 radical (unpaired) electrons. The van der Waals surface area contributed by atoms with Gasteiger partial charge in [-0.2, -0.15) is 5.10 Å². The topological polar surface area (TPSA) is 91.5 Å². The van der Waals surface area contributed by atoms with E-state index in [1.54, 1.807) is 24.5 Å². The molecule has 3 aromatic heterocycles. The number of aromatic nitrogens is 5. The normalized spacial score (nSPS) is 18.5. The summed E-state index contributed by atoms with van der Waals surface area (Å²) in [6.45, 7) is 5.33. The van der Waals surface area contributed by atoms with Crippen molar-refractivity contribution in [1.82, 2.24) is 34.2 Å². The van der Waals surface area contributed by atoms with Crippen LogP contribution >= 0.6 is 0 Å². The van der Waals surface area contributed by atoms with Crippen molar-refractivity contribution in [3.05, 3.63) is 46.1 Å². The van der Waals surface area contributed by atoms with Gasteiger partial charge in [-0.25, -0.2) is 9.20 Å². The smallest absolute Gasteiger partial charge is 0.276 e. The summed E-state index contributed by atoms with van der Waals surface area (Å²) < 4.78 is 3.03. The molecule has 28 heavy (non-hydrogen) atoms. The van der Waals surface area contributed by atoms with E-state index in [0.29, 0.717) is 22.7 Å². The Bertz CT molecular complexity index is 1090. The zero-order valence-corrected chi connectivity index (χ0v) is 15.8. The van der Waals surface area contributed by atoms with Crippen LogP contribution in [0, 0.1) is 6.92 Å². The molecule has 0 spiro atoms. The largest absolute Gasteiger partial charge is 0.337 e. The van der Waals surface area contributed by atoms with Gasteiger partial charge in [-0.1, -0.05) is 0 Å². The van der Waals surface area contributed by atoms with E-state index in [-0.39, 0.29) is 11.5 Å². The Hall–Kier alpha value is -2.94. The lowest BCUT2D eigenvalue weighted by molar-refractivity contribution is 0.0760. The van der Waals surface area contributed by atoms with Gasteiger partial charge in [-0.15, -0.1) is 5.10 Å². The van der Waals surface area contributed by atoms with Gasteiger partial charge in [0.05, 0.1) is 17.5 Å². The van der Waals surface area contributed by atoms with Crippen molar-refractivity contribution < 1.29 is 4.79 Å². The first-order chi connectivity index (χ1) is 13.6. The first-order valence-electron chi connectivity index (χ1n) is 9.78. The molecule has 1 saturated carbocycles. The predicted molar refractivity (Wildman–Crippen MR) is 103 cm³/mol. The van der Waals surface area contributed by atoms with Gasteiger partial charge >= 0.3 is 0 Å². The molecule has 2 aliphatic rings. The number of hydrogen-bond acceptors (Lipinski definition) is 5. The molecular weight excluding hydrogens is 358 g/mol. The molecule has 2 fully saturated rings. The molecule has 0 aromatic carbocycles. The molecule has 1 N–H and O–H groups in total. The van der Waals surface area contributed by atoms with Crippen molar-refractivity contribution in [2.24, 2.45) is 0 Å². The van der Waals surface area contributed by atoms with Gasteiger partial charge in [0.15, 0.2) is 0 Å². The van der Waals surface area contributed by atoms with E-state index in [1.807, 2.05) is 11.8 Å². The van der Waals surface area contributed by atoms with Crippen molar-refractivity contribution in [2.75, 3.05) is 26.2 Å². The molecule has 1 saturated heterocycles. The van der Waals surface area contributed by atoms with Crippen molar-refractivity contribution >= 4 is 11.4 Å². The summed E-state index contributed by atoms with van der Waals surface area (Å²) in [5, 5.41) is 8.72. The molecule has 1 aliphatic carbocycles. The summed E-state index contributed by atoms with van der Waals surface area (Å²) >= 11 is 0. The van der Waals surface area contributed by atoms with Crippen molar-refractivity contribution in [2.45, 2.75) is 32.2 Å². The Labute approximate surface area is 161 Å². The summed E-state index contributed by atoms with van der Waals surface area (Å²) in [5.41, 5.74) is 1.44. The predicted octanol–water partition coefficient (Wildman–Crippen LogP) is 0.827. The van der Waals surface area contributed by atoms with Crippen LogP contribution in [0.5, 0.6) is 0 Å². The molecule has 1 amide bonds. The number of aromatic amines is 1. The SMILES string of the molecule is Cc1c(C(=O)N2CCCN(C3CC3)CC2)cnn1-c1nn2cccc2c(=O)[nH]1. The Kier molecular flexibility index (Phi) is 4.04. The minimum atomic E-state index is -0.245. The van der Waals surface area contributed by atoms with Crippen LogP contribution in [-0.2, 0) is 0 Å². The molecule has 1 aliphatic heterocycles. The second-order valence-electron chi connectivity index (χ2n) is 7.58. The molecule has 4 heterocycles. The third kappa shape index (κ3) is 2.91. The maximum absolute atomic E-state index is 13.1. The number of carbonyl (C=O) groups is 1. The number of fused-ring (bicyclic) bond motifs is 1. The molecule has 0 unspecified atom stereocenters. The van der Waals surface area contributed by atoms with Gasteiger partial charge in [-0.05, 0) is 38.3 Å². The third-order valence-electron chi connectivity index (χ3n) is 5.71. The Morgan fingerprint density at radius 3 is 2.89 bits per heavy atom. The fourth-order valence-electron chi connectivity index (χ4n) is 3.98. The molecule has 0 atom stereocenters. The second-order valence-corrected chi connectivity index (χ2v) is 7.58. The fraction of sp³-hybridized carbons (Fsp3) is 0.474. The monoisotopic (exact) mass is 381 g/mol. The summed E-state index contributed by atoms with van der Waals surface area (Å²) in [6.07, 6.45) is 6.85. The van der Waals surface area contributed by atoms with Gasteiger partial charge in [0.1, 0.15) is 5.52 Å². The molecule has 3 aromatic rings. The maximum atomic E-state index is 13.1. The fourth-order valence-corrected chi connectivity index (χ4v) is 3.98. The lowest BCUT2D eigenvalue weighted by Gasteiger charge is -2.21. The number of hydrogen-bond donors (Lipinski definition) is 1. The van der Waals surface area contributed by atoms with E-state index in [2.05, 4.69) is 20.1 Å². The number of H-pyrrole nitrogens is 1. The quantitative estimate of drug-likeness (QED) is 0.726. The number of nitrogens with one attached hydrogen (secondary N) is 1. The molecule has 5 rings (SSSR count). The number of carbonyl (C=O) groups excluding carboxylic acids is 1. The molecular formula is C19H23N7O2. The summed E-state index contributed by atoms with van der Waals surface area (Å²) in [4.78, 5) is 32.5. The Balaban J connectivity index is 1.41. The van der Waals surface area contributed by atoms with Crippen LogP contribution in [0.4, 0.5) is 0 Å². The van der Waals surface area contributed by atoms with Gasteiger partial charge in [-0.3, -0.25) is 19.5 Å². The average Bonchev–Trinajstić information content (AvgIpc) is 3.36. The zero-order valence-electron chi connectivity index (χ0n) is 15.8. The van der Waals surface area contributed by atoms with E-state index in [9.17, 15) is 9.59 Å². The maximum Gasteiger partial charge on any atom is 0.276 e. The van der Waals surface area contributed by atoms with E-state index >= 15 is 0 Å². The number of amides is 1. The standard InChI is InChI=1S/C19H23N7O2/c1-13-15(18(28)24-8-3-7-23(10-11-24)14-5-6-14)12-20-26(13)19-21-17(27)16-4-2-9-25(16)22-19/h2,4,9,12,14H,3,5-8,10-11H2,1H3,(H,21,22,27). The molecule has 0 bridgehead atoms. The second kappa shape index (κ2) is 6.59. The highest BCUT2D eigenvalue weighted by molar-refractivity contribution is 5.95. The van der Waals surface area contributed by atoms with Crippen molar-refractivity contribution in [1.29, 1.82) is 0 Å². The lowest BCUT2D eigenvalue weighted by atomic mass is 10.2. The van der Waals surface area contributed by atoms with E-state index < -0.39 is 0 Å². The van der Waals surface area contributed by atoms with Crippen LogP contribution in [0.1, 0.15) is 35.3 Å². The number of nitrogens with zero attached hydrogens (tertiary/aromatic N) is 6. The highest BCUT2D eigenvalue weighted by Gasteiger charge is 2.31. The van der Waals surface area contributed by atoms with Gasteiger partial charge in [0, 0.05) is 38.4 Å². The Morgan fingerprint density at radius 2 is 2.07 bits per heavy atom. The van der Waals surface area contributed by atoms with Gasteiger partial charge < -0.3 is 4.90 Å². The summed E-state index contributed by atoms with van der Waals surface area (Å²) in [5.74, 6) is 0.284. The van der Waals surface area contributed by atoms with Crippen LogP contribution in [0.2, 0.25) is 0 Å². The van der Waals surface area contributed by atoms with E-state index in [1.165, 1.54) is 22.0 Å². The van der Waals surface area contributed by atoms with Crippen LogP contribution in [0.25, 0.3) is 11.5 Å². The van der Waals surface area contributed by atoms with Crippen molar-refractivity contribution in [3.8, 4) is 5.95 Å². The van der Waals surface area contributed by atoms with Crippen LogP contribution in [0.3, 0.4) is 0 Å². The molecule has 9 nitrogen and oxygen atoms in total.